The molecule has 1 heterocycles. The van der Waals surface area contributed by atoms with Gasteiger partial charge >= 0.3 is 29.6 Å². The molecule has 0 bridgehead atoms. The zero-order valence-corrected chi connectivity index (χ0v) is 26.0. The molecular weight excluding hydrogens is 491 g/mol. The molecule has 4 rings (SSSR count). The molecule has 3 aliphatic carbocycles. The fraction of sp³-hybridized carbons (Fsp3) is 0.852. The molecule has 0 amide bonds. The van der Waals surface area contributed by atoms with E-state index in [0.29, 0.717) is 17.3 Å². The number of hydrogen-bond donors (Lipinski definition) is 0. The van der Waals surface area contributed by atoms with Crippen LogP contribution in [0.5, 0.6) is 0 Å². The second-order valence-corrected chi connectivity index (χ2v) is 13.4. The Hall–Kier alpha value is 0.0700. The van der Waals surface area contributed by atoms with Gasteiger partial charge in [-0.3, -0.25) is 0 Å². The molecule has 0 aromatic heterocycles. The Morgan fingerprint density at radius 3 is 2.42 bits per heavy atom. The molecule has 4 aliphatic rings. The fourth-order valence-electron chi connectivity index (χ4n) is 8.79. The van der Waals surface area contributed by atoms with Gasteiger partial charge in [-0.1, -0.05) is 34.1 Å². The quantitative estimate of drug-likeness (QED) is 0.163. The van der Waals surface area contributed by atoms with Crippen LogP contribution < -0.4 is 29.6 Å². The van der Waals surface area contributed by atoms with Crippen molar-refractivity contribution in [3.63, 3.8) is 0 Å². The van der Waals surface area contributed by atoms with Crippen molar-refractivity contribution in [1.29, 1.82) is 0 Å². The van der Waals surface area contributed by atoms with Crippen molar-refractivity contribution in [1.82, 2.24) is 0 Å². The van der Waals surface area contributed by atoms with Crippen LogP contribution in [-0.2, 0) is 28.8 Å². The van der Waals surface area contributed by atoms with E-state index in [1.54, 1.807) is 14.2 Å². The zero-order chi connectivity index (χ0) is 25.6. The van der Waals surface area contributed by atoms with E-state index in [1.165, 1.54) is 31.9 Å². The second-order valence-electron chi connectivity index (χ2n) is 12.4. The minimum absolute atomic E-state index is 0. The van der Waals surface area contributed by atoms with Gasteiger partial charge in [0, 0.05) is 14.2 Å². The Kier molecular flexibility index (Phi) is 9.59. The van der Waals surface area contributed by atoms with Gasteiger partial charge in [0.1, 0.15) is 6.26 Å². The van der Waals surface area contributed by atoms with E-state index in [0.717, 1.165) is 43.3 Å². The summed E-state index contributed by atoms with van der Waals surface area (Å²) in [5.41, 5.74) is 2.59. The summed E-state index contributed by atoms with van der Waals surface area (Å²) in [5, 5.41) is 0. The third-order valence-electron chi connectivity index (χ3n) is 10.2. The van der Waals surface area contributed by atoms with Crippen LogP contribution in [0.2, 0.25) is 0 Å². The Labute approximate surface area is 240 Å². The first kappa shape index (κ1) is 30.6. The van der Waals surface area contributed by atoms with Crippen molar-refractivity contribution in [3.05, 3.63) is 23.5 Å². The predicted octanol–water partition coefficient (Wildman–Crippen LogP) is 2.69. The van der Waals surface area contributed by atoms with E-state index in [4.69, 9.17) is 18.4 Å². The van der Waals surface area contributed by atoms with Gasteiger partial charge in [-0.25, -0.2) is 8.42 Å². The van der Waals surface area contributed by atoms with Crippen LogP contribution in [-0.4, -0.2) is 39.8 Å². The smallest absolute Gasteiger partial charge is 0.716 e. The maximum Gasteiger partial charge on any atom is 1.00 e. The normalized spacial score (nSPS) is 41.1. The van der Waals surface area contributed by atoms with Crippen molar-refractivity contribution in [3.8, 4) is 0 Å². The van der Waals surface area contributed by atoms with Gasteiger partial charge in [-0.15, -0.1) is 0 Å². The van der Waals surface area contributed by atoms with Crippen LogP contribution in [0.15, 0.2) is 23.5 Å². The monoisotopic (exact) mass is 534 g/mol. The zero-order valence-electron chi connectivity index (χ0n) is 23.2. The van der Waals surface area contributed by atoms with Gasteiger partial charge in [0.15, 0.2) is 12.6 Å². The molecular formula is C27H43NaO7S. The number of rotatable bonds is 7. The summed E-state index contributed by atoms with van der Waals surface area (Å²) >= 11 is 0. The maximum atomic E-state index is 11.3. The summed E-state index contributed by atoms with van der Waals surface area (Å²) in [4.78, 5) is 0. The van der Waals surface area contributed by atoms with E-state index in [-0.39, 0.29) is 46.3 Å². The maximum absolute atomic E-state index is 11.3. The third-order valence-corrected chi connectivity index (χ3v) is 10.5. The molecule has 0 N–H and O–H groups in total. The molecule has 0 saturated heterocycles. The van der Waals surface area contributed by atoms with Crippen LogP contribution in [0.1, 0.15) is 85.5 Å². The molecule has 1 aliphatic heterocycles. The van der Waals surface area contributed by atoms with E-state index in [9.17, 15) is 13.0 Å². The molecule has 7 nitrogen and oxygen atoms in total. The average Bonchev–Trinajstić information content (AvgIpc) is 3.17. The summed E-state index contributed by atoms with van der Waals surface area (Å²) in [6.07, 6.45) is 11.8. The molecule has 0 unspecified atom stereocenters. The fourth-order valence-corrected chi connectivity index (χ4v) is 9.03. The molecule has 3 fully saturated rings. The van der Waals surface area contributed by atoms with E-state index in [2.05, 4.69) is 27.7 Å². The van der Waals surface area contributed by atoms with E-state index in [1.807, 2.05) is 6.08 Å². The third kappa shape index (κ3) is 5.81. The summed E-state index contributed by atoms with van der Waals surface area (Å²) in [6, 6.07) is 0. The number of methoxy groups -OCH3 is 2. The Morgan fingerprint density at radius 1 is 1.06 bits per heavy atom. The molecule has 9 heteroatoms. The second kappa shape index (κ2) is 11.3. The number of ether oxygens (including phenoxy) is 3. The predicted molar refractivity (Wildman–Crippen MR) is 132 cm³/mol. The standard InChI is InChI=1S/C27H44O7S.Na/c1-25(2)13-7-14-27(4)21(25)12-15-26(3)20(10-8-18-16-23(31-5)34-24(18)32-6)19(9-11-22(26)27)17-33-35(28,29)30;/h16-17,20-24H,7-15H2,1-6H3,(H,28,29,30);/q;+1/p-1/b19-17+;/t20-,21-,22-,23+,24-,26+,27-;/m0./s1. The van der Waals surface area contributed by atoms with Crippen LogP contribution in [0.25, 0.3) is 0 Å². The van der Waals surface area contributed by atoms with Crippen molar-refractivity contribution in [2.45, 2.75) is 98.1 Å². The van der Waals surface area contributed by atoms with Gasteiger partial charge < -0.3 is 22.9 Å². The van der Waals surface area contributed by atoms with Gasteiger partial charge in [-0.05, 0) is 103 Å². The summed E-state index contributed by atoms with van der Waals surface area (Å²) < 4.78 is 55.2. The van der Waals surface area contributed by atoms with Crippen LogP contribution in [0.4, 0.5) is 0 Å². The molecule has 0 aromatic rings. The van der Waals surface area contributed by atoms with Crippen molar-refractivity contribution >= 4 is 10.4 Å². The van der Waals surface area contributed by atoms with E-state index < -0.39 is 23.0 Å². The Balaban J connectivity index is 0.00000361. The average molecular weight is 535 g/mol. The minimum atomic E-state index is -4.79. The molecule has 7 atom stereocenters. The van der Waals surface area contributed by atoms with Gasteiger partial charge in [0.25, 0.3) is 10.4 Å². The summed E-state index contributed by atoms with van der Waals surface area (Å²) in [7, 11) is -1.56. The molecule has 0 radical (unpaired) electrons. The molecule has 3 saturated carbocycles. The number of fused-ring (bicyclic) bond motifs is 3. The minimum Gasteiger partial charge on any atom is -0.716 e. The van der Waals surface area contributed by atoms with Gasteiger partial charge in [0.05, 0.1) is 0 Å². The number of hydrogen-bond acceptors (Lipinski definition) is 7. The molecule has 0 aromatic carbocycles. The van der Waals surface area contributed by atoms with Crippen LogP contribution >= 0.6 is 0 Å². The summed E-state index contributed by atoms with van der Waals surface area (Å²) in [6.45, 7) is 9.80. The topological polar surface area (TPSA) is 94.1 Å². The number of allylic oxidation sites excluding steroid dienone is 1. The first-order valence-electron chi connectivity index (χ1n) is 13.1. The first-order chi connectivity index (χ1) is 16.3. The Bertz CT molecular complexity index is 961. The first-order valence-corrected chi connectivity index (χ1v) is 14.4. The largest absolute Gasteiger partial charge is 1.00 e. The molecule has 200 valence electrons. The van der Waals surface area contributed by atoms with Gasteiger partial charge in [-0.2, -0.15) is 0 Å². The van der Waals surface area contributed by atoms with Crippen LogP contribution in [0, 0.1) is 34.0 Å². The van der Waals surface area contributed by atoms with Crippen molar-refractivity contribution in [2.24, 2.45) is 34.0 Å². The van der Waals surface area contributed by atoms with Crippen molar-refractivity contribution in [2.75, 3.05) is 14.2 Å². The SMILES string of the molecule is CO[C@H]1C=C(CC[C@H]2/C(=C/OS(=O)(=O)[O-])CC[C@H]3[C@]2(C)CC[C@H]2C(C)(C)CCC[C@]32C)[C@@H](OC)O1.[Na+]. The Morgan fingerprint density at radius 2 is 1.78 bits per heavy atom. The van der Waals surface area contributed by atoms with E-state index >= 15 is 0 Å². The van der Waals surface area contributed by atoms with Crippen molar-refractivity contribution < 1.29 is 60.9 Å². The molecule has 0 spiro atoms. The van der Waals surface area contributed by atoms with Crippen LogP contribution in [0.3, 0.4) is 0 Å². The summed E-state index contributed by atoms with van der Waals surface area (Å²) in [5.74, 6) is 1.35. The molecule has 36 heavy (non-hydrogen) atoms. The van der Waals surface area contributed by atoms with Gasteiger partial charge in [0.2, 0.25) is 0 Å².